The molecule has 0 N–H and O–H groups in total. The van der Waals surface area contributed by atoms with Crippen LogP contribution in [0, 0.1) is 6.92 Å². The van der Waals surface area contributed by atoms with E-state index in [9.17, 15) is 9.59 Å². The highest BCUT2D eigenvalue weighted by Gasteiger charge is 2.27. The lowest BCUT2D eigenvalue weighted by Gasteiger charge is -2.21. The van der Waals surface area contributed by atoms with Crippen molar-refractivity contribution in [1.29, 1.82) is 0 Å². The van der Waals surface area contributed by atoms with Crippen LogP contribution in [0.25, 0.3) is 10.9 Å². The highest BCUT2D eigenvalue weighted by atomic mass is 16.5. The van der Waals surface area contributed by atoms with Crippen LogP contribution in [-0.4, -0.2) is 32.1 Å². The summed E-state index contributed by atoms with van der Waals surface area (Å²) in [4.78, 5) is 25.1. The van der Waals surface area contributed by atoms with E-state index in [1.54, 1.807) is 17.8 Å². The van der Waals surface area contributed by atoms with Crippen LogP contribution in [0.4, 0.5) is 0 Å². The van der Waals surface area contributed by atoms with E-state index in [1.807, 2.05) is 34.6 Å². The van der Waals surface area contributed by atoms with Gasteiger partial charge in [0.2, 0.25) is 0 Å². The summed E-state index contributed by atoms with van der Waals surface area (Å²) in [6.45, 7) is 11.6. The molecule has 0 radical (unpaired) electrons. The minimum atomic E-state index is -0.728. The molecule has 0 aliphatic heterocycles. The Balaban J connectivity index is 2.74. The molecule has 0 spiro atoms. The van der Waals surface area contributed by atoms with E-state index in [4.69, 9.17) is 4.74 Å². The highest BCUT2D eigenvalue weighted by Crippen LogP contribution is 2.21. The number of hydrogen-bond donors (Lipinski definition) is 0. The first kappa shape index (κ1) is 17.2. The van der Waals surface area contributed by atoms with Crippen LogP contribution in [0.1, 0.15) is 52.8 Å². The molecule has 2 aromatic heterocycles. The maximum absolute atomic E-state index is 13.0. The highest BCUT2D eigenvalue weighted by molar-refractivity contribution is 5.81. The van der Waals surface area contributed by atoms with Gasteiger partial charge >= 0.3 is 5.97 Å². The van der Waals surface area contributed by atoms with E-state index < -0.39 is 12.0 Å². The molecule has 0 bridgehead atoms. The smallest absolute Gasteiger partial charge is 0.331 e. The quantitative estimate of drug-likeness (QED) is 0.807. The molecule has 0 aliphatic rings. The van der Waals surface area contributed by atoms with Gasteiger partial charge in [-0.15, -0.1) is 0 Å². The monoisotopic (exact) mass is 320 g/mol. The van der Waals surface area contributed by atoms with Gasteiger partial charge in [0.25, 0.3) is 5.56 Å². The molecule has 0 amide bonds. The van der Waals surface area contributed by atoms with Gasteiger partial charge < -0.3 is 4.74 Å². The largest absolute Gasteiger partial charge is 0.464 e. The zero-order chi connectivity index (χ0) is 17.4. The zero-order valence-electron chi connectivity index (χ0n) is 14.6. The Morgan fingerprint density at radius 2 is 2.00 bits per heavy atom. The summed E-state index contributed by atoms with van der Waals surface area (Å²) in [7, 11) is 0. The Labute approximate surface area is 135 Å². The lowest BCUT2D eigenvalue weighted by molar-refractivity contribution is -0.147. The van der Waals surface area contributed by atoms with Gasteiger partial charge in [0.05, 0.1) is 24.0 Å². The molecular formula is C16H24N4O3. The molecular weight excluding hydrogens is 296 g/mol. The standard InChI is InChI=1S/C16H24N4O3/c1-7-12(15(22)23-8-2)19-14(21)13-11(10(3)18-19)9-17-20(13)16(4,5)6/h9,12H,7-8H2,1-6H3. The fraction of sp³-hybridized carbons (Fsp3) is 0.625. The Morgan fingerprint density at radius 3 is 2.52 bits per heavy atom. The van der Waals surface area contributed by atoms with Crippen molar-refractivity contribution >= 4 is 16.9 Å². The van der Waals surface area contributed by atoms with E-state index in [1.165, 1.54) is 4.68 Å². The Morgan fingerprint density at radius 1 is 1.35 bits per heavy atom. The summed E-state index contributed by atoms with van der Waals surface area (Å²) in [5.74, 6) is -0.440. The van der Waals surface area contributed by atoms with Gasteiger partial charge in [-0.05, 0) is 41.0 Å². The maximum atomic E-state index is 13.0. The van der Waals surface area contributed by atoms with Gasteiger partial charge in [0.1, 0.15) is 5.52 Å². The number of aryl methyl sites for hydroxylation is 1. The molecule has 1 unspecified atom stereocenters. The normalized spacial score (nSPS) is 13.3. The van der Waals surface area contributed by atoms with E-state index in [0.717, 1.165) is 0 Å². The molecule has 0 fully saturated rings. The predicted octanol–water partition coefficient (Wildman–Crippen LogP) is 2.17. The van der Waals surface area contributed by atoms with Crippen molar-refractivity contribution in [1.82, 2.24) is 19.6 Å². The fourth-order valence-corrected chi connectivity index (χ4v) is 2.59. The van der Waals surface area contributed by atoms with E-state index in [2.05, 4.69) is 10.2 Å². The fourth-order valence-electron chi connectivity index (χ4n) is 2.59. The molecule has 0 saturated heterocycles. The van der Waals surface area contributed by atoms with E-state index in [-0.39, 0.29) is 17.7 Å². The van der Waals surface area contributed by atoms with E-state index in [0.29, 0.717) is 23.0 Å². The average molecular weight is 320 g/mol. The van der Waals surface area contributed by atoms with Crippen molar-refractivity contribution in [3.05, 3.63) is 22.2 Å². The number of fused-ring (bicyclic) bond motifs is 1. The van der Waals surface area contributed by atoms with Crippen LogP contribution in [0.3, 0.4) is 0 Å². The summed E-state index contributed by atoms with van der Waals surface area (Å²) >= 11 is 0. The van der Waals surface area contributed by atoms with Gasteiger partial charge in [-0.2, -0.15) is 10.2 Å². The van der Waals surface area contributed by atoms with Crippen LogP contribution < -0.4 is 5.56 Å². The molecule has 126 valence electrons. The number of hydrogen-bond acceptors (Lipinski definition) is 5. The summed E-state index contributed by atoms with van der Waals surface area (Å²) in [5.41, 5.74) is 0.460. The lowest BCUT2D eigenvalue weighted by atomic mass is 10.1. The second kappa shape index (κ2) is 6.14. The van der Waals surface area contributed by atoms with Gasteiger partial charge in [-0.25, -0.2) is 9.48 Å². The second-order valence-corrected chi connectivity index (χ2v) is 6.50. The van der Waals surface area contributed by atoms with Crippen molar-refractivity contribution in [2.75, 3.05) is 6.61 Å². The number of rotatable bonds is 4. The average Bonchev–Trinajstić information content (AvgIpc) is 2.91. The topological polar surface area (TPSA) is 79.0 Å². The Kier molecular flexibility index (Phi) is 4.58. The van der Waals surface area contributed by atoms with E-state index >= 15 is 0 Å². The zero-order valence-corrected chi connectivity index (χ0v) is 14.6. The number of esters is 1. The molecule has 7 nitrogen and oxygen atoms in total. The molecule has 0 aromatic carbocycles. The Hall–Kier alpha value is -2.18. The molecule has 0 saturated carbocycles. The third kappa shape index (κ3) is 3.00. The van der Waals surface area contributed by atoms with Crippen LogP contribution in [0.15, 0.2) is 11.0 Å². The number of carbonyl (C=O) groups is 1. The molecule has 1 atom stereocenters. The molecule has 0 aliphatic carbocycles. The van der Waals surface area contributed by atoms with Gasteiger partial charge in [-0.3, -0.25) is 9.48 Å². The van der Waals surface area contributed by atoms with Crippen molar-refractivity contribution < 1.29 is 9.53 Å². The second-order valence-electron chi connectivity index (χ2n) is 6.50. The molecule has 2 aromatic rings. The van der Waals surface area contributed by atoms with Crippen molar-refractivity contribution in [2.24, 2.45) is 0 Å². The van der Waals surface area contributed by atoms with Crippen molar-refractivity contribution in [3.8, 4) is 0 Å². The third-order valence-corrected chi connectivity index (χ3v) is 3.70. The summed E-state index contributed by atoms with van der Waals surface area (Å²) in [5, 5.41) is 9.37. The van der Waals surface area contributed by atoms with Gasteiger partial charge in [0, 0.05) is 5.39 Å². The van der Waals surface area contributed by atoms with Gasteiger partial charge in [0.15, 0.2) is 6.04 Å². The first-order valence-electron chi connectivity index (χ1n) is 7.86. The summed E-state index contributed by atoms with van der Waals surface area (Å²) in [6, 6.07) is -0.728. The number of carbonyl (C=O) groups excluding carboxylic acids is 1. The maximum Gasteiger partial charge on any atom is 0.331 e. The molecule has 23 heavy (non-hydrogen) atoms. The van der Waals surface area contributed by atoms with Crippen LogP contribution in [0.2, 0.25) is 0 Å². The summed E-state index contributed by atoms with van der Waals surface area (Å²) < 4.78 is 8.00. The Bertz CT molecular complexity index is 783. The third-order valence-electron chi connectivity index (χ3n) is 3.70. The van der Waals surface area contributed by atoms with Crippen LogP contribution >= 0.6 is 0 Å². The first-order valence-corrected chi connectivity index (χ1v) is 7.86. The molecule has 7 heteroatoms. The molecule has 2 heterocycles. The lowest BCUT2D eigenvalue weighted by Crippen LogP contribution is -2.35. The minimum Gasteiger partial charge on any atom is -0.464 e. The van der Waals surface area contributed by atoms with Crippen molar-refractivity contribution in [2.45, 2.75) is 59.5 Å². The van der Waals surface area contributed by atoms with Crippen LogP contribution in [0.5, 0.6) is 0 Å². The first-order chi connectivity index (χ1) is 10.7. The summed E-state index contributed by atoms with van der Waals surface area (Å²) in [6.07, 6.45) is 2.08. The molecule has 2 rings (SSSR count). The van der Waals surface area contributed by atoms with Crippen LogP contribution in [-0.2, 0) is 15.1 Å². The minimum absolute atomic E-state index is 0.269. The number of ether oxygens (including phenoxy) is 1. The number of nitrogens with zero attached hydrogens (tertiary/aromatic N) is 4. The number of aromatic nitrogens is 4. The SMILES string of the molecule is CCOC(=O)C(CC)n1nc(C)c2cnn(C(C)(C)C)c2c1=O. The van der Waals surface area contributed by atoms with Crippen molar-refractivity contribution in [3.63, 3.8) is 0 Å². The van der Waals surface area contributed by atoms with Gasteiger partial charge in [-0.1, -0.05) is 6.92 Å². The predicted molar refractivity (Wildman–Crippen MR) is 87.5 cm³/mol.